The number of hydrogen-bond donors (Lipinski definition) is 4. The normalized spacial score (nSPS) is 11.5. The van der Waals surface area contributed by atoms with Crippen LogP contribution in [0, 0.1) is 6.92 Å². The summed E-state index contributed by atoms with van der Waals surface area (Å²) in [5, 5.41) is 13.5. The number of anilines is 1. The Morgan fingerprint density at radius 3 is 2.60 bits per heavy atom. The number of rotatable bonds is 5. The van der Waals surface area contributed by atoms with E-state index in [1.165, 1.54) is 0 Å². The third kappa shape index (κ3) is 4.54. The Hall–Kier alpha value is -2.09. The zero-order chi connectivity index (χ0) is 15.3. The highest BCUT2D eigenvalue weighted by atomic mass is 79.9. The molecule has 0 fully saturated rings. The molecule has 1 aromatic carbocycles. The van der Waals surface area contributed by atoms with Crippen LogP contribution in [0.2, 0.25) is 0 Å². The highest BCUT2D eigenvalue weighted by Gasteiger charge is 2.22. The van der Waals surface area contributed by atoms with Crippen molar-refractivity contribution >= 4 is 39.5 Å². The first kappa shape index (κ1) is 16.0. The van der Waals surface area contributed by atoms with Crippen LogP contribution in [0.3, 0.4) is 0 Å². The summed E-state index contributed by atoms with van der Waals surface area (Å²) in [6.45, 7) is 1.85. The number of carboxylic acids is 1. The lowest BCUT2D eigenvalue weighted by molar-refractivity contribution is -0.140. The fourth-order valence-electron chi connectivity index (χ4n) is 1.46. The number of amides is 3. The van der Waals surface area contributed by atoms with Crippen LogP contribution >= 0.6 is 15.9 Å². The zero-order valence-electron chi connectivity index (χ0n) is 10.6. The van der Waals surface area contributed by atoms with Gasteiger partial charge in [-0.3, -0.25) is 4.79 Å². The van der Waals surface area contributed by atoms with Crippen LogP contribution in [0.4, 0.5) is 10.5 Å². The Morgan fingerprint density at radius 1 is 1.40 bits per heavy atom. The van der Waals surface area contributed by atoms with E-state index in [9.17, 15) is 14.4 Å². The van der Waals surface area contributed by atoms with E-state index in [1.807, 2.05) is 13.0 Å². The van der Waals surface area contributed by atoms with Crippen molar-refractivity contribution < 1.29 is 19.5 Å². The number of urea groups is 1. The van der Waals surface area contributed by atoms with Gasteiger partial charge in [0.2, 0.25) is 5.91 Å². The van der Waals surface area contributed by atoms with Crippen LogP contribution in [0.5, 0.6) is 0 Å². The van der Waals surface area contributed by atoms with Crippen LogP contribution in [0.15, 0.2) is 22.7 Å². The van der Waals surface area contributed by atoms with E-state index in [2.05, 4.69) is 26.6 Å². The number of carboxylic acid groups (broad SMARTS) is 1. The molecule has 0 aliphatic rings. The standard InChI is InChI=1S/C12H14BrN3O4/c1-6-3-2-4-7(10(6)13)15-12(20)16-8(11(18)19)5-9(14)17/h2-4,8H,5H2,1H3,(H2,14,17)(H,18,19)(H2,15,16,20)/t8-/m1/s1. The first-order valence-electron chi connectivity index (χ1n) is 5.65. The number of carbonyl (C=O) groups excluding carboxylic acids is 2. The van der Waals surface area contributed by atoms with Crippen molar-refractivity contribution in [3.8, 4) is 0 Å². The molecule has 5 N–H and O–H groups in total. The second kappa shape index (κ2) is 6.90. The molecule has 1 atom stereocenters. The Morgan fingerprint density at radius 2 is 2.05 bits per heavy atom. The molecule has 0 aliphatic carbocycles. The topological polar surface area (TPSA) is 122 Å². The summed E-state index contributed by atoms with van der Waals surface area (Å²) in [4.78, 5) is 33.3. The summed E-state index contributed by atoms with van der Waals surface area (Å²) in [6.07, 6.45) is -0.474. The summed E-state index contributed by atoms with van der Waals surface area (Å²) in [6, 6.07) is 3.15. The molecule has 3 amide bonds. The van der Waals surface area contributed by atoms with Gasteiger partial charge in [0.15, 0.2) is 0 Å². The van der Waals surface area contributed by atoms with E-state index in [0.717, 1.165) is 5.56 Å². The van der Waals surface area contributed by atoms with Gasteiger partial charge in [-0.2, -0.15) is 0 Å². The number of halogens is 1. The highest BCUT2D eigenvalue weighted by Crippen LogP contribution is 2.25. The monoisotopic (exact) mass is 343 g/mol. The second-order valence-electron chi connectivity index (χ2n) is 4.10. The molecule has 20 heavy (non-hydrogen) atoms. The van der Waals surface area contributed by atoms with Crippen molar-refractivity contribution in [3.05, 3.63) is 28.2 Å². The molecule has 0 aliphatic heterocycles. The van der Waals surface area contributed by atoms with E-state index in [-0.39, 0.29) is 0 Å². The van der Waals surface area contributed by atoms with Gasteiger partial charge in [0, 0.05) is 4.47 Å². The SMILES string of the molecule is Cc1cccc(NC(=O)N[C@H](CC(N)=O)C(=O)O)c1Br. The largest absolute Gasteiger partial charge is 0.480 e. The molecule has 7 nitrogen and oxygen atoms in total. The van der Waals surface area contributed by atoms with Crippen LogP contribution < -0.4 is 16.4 Å². The van der Waals surface area contributed by atoms with Gasteiger partial charge < -0.3 is 21.5 Å². The van der Waals surface area contributed by atoms with Gasteiger partial charge in [-0.25, -0.2) is 9.59 Å². The minimum atomic E-state index is -1.36. The molecular formula is C12H14BrN3O4. The van der Waals surface area contributed by atoms with Gasteiger partial charge in [-0.1, -0.05) is 12.1 Å². The number of aryl methyl sites for hydroxylation is 1. The maximum absolute atomic E-state index is 11.7. The number of nitrogens with two attached hydrogens (primary N) is 1. The Bertz CT molecular complexity index is 548. The zero-order valence-corrected chi connectivity index (χ0v) is 12.2. The van der Waals surface area contributed by atoms with E-state index in [4.69, 9.17) is 10.8 Å². The fraction of sp³-hybridized carbons (Fsp3) is 0.250. The third-order valence-electron chi connectivity index (χ3n) is 2.45. The summed E-state index contributed by atoms with van der Waals surface area (Å²) in [5.41, 5.74) is 6.33. The molecule has 0 unspecified atom stereocenters. The predicted molar refractivity (Wildman–Crippen MR) is 76.3 cm³/mol. The summed E-state index contributed by atoms with van der Waals surface area (Å²) >= 11 is 3.31. The molecule has 0 spiro atoms. The first-order valence-corrected chi connectivity index (χ1v) is 6.44. The van der Waals surface area contributed by atoms with Crippen LogP contribution in [0.25, 0.3) is 0 Å². The van der Waals surface area contributed by atoms with Crippen LogP contribution in [-0.4, -0.2) is 29.1 Å². The molecule has 1 aromatic rings. The first-order chi connectivity index (χ1) is 9.31. The number of carbonyl (C=O) groups is 3. The molecule has 0 aromatic heterocycles. The number of nitrogens with one attached hydrogen (secondary N) is 2. The summed E-state index contributed by atoms with van der Waals surface area (Å²) in [7, 11) is 0. The lowest BCUT2D eigenvalue weighted by atomic mass is 10.2. The van der Waals surface area contributed by atoms with Crippen LogP contribution in [0.1, 0.15) is 12.0 Å². The molecular weight excluding hydrogens is 330 g/mol. The van der Waals surface area contributed by atoms with E-state index in [0.29, 0.717) is 10.2 Å². The minimum Gasteiger partial charge on any atom is -0.480 e. The summed E-state index contributed by atoms with van der Waals surface area (Å²) < 4.78 is 0.692. The van der Waals surface area contributed by atoms with E-state index >= 15 is 0 Å². The molecule has 0 heterocycles. The van der Waals surface area contributed by atoms with Gasteiger partial charge in [-0.15, -0.1) is 0 Å². The van der Waals surface area contributed by atoms with Gasteiger partial charge >= 0.3 is 12.0 Å². The molecule has 0 saturated heterocycles. The summed E-state index contributed by atoms with van der Waals surface area (Å²) in [5.74, 6) is -2.14. The average molecular weight is 344 g/mol. The maximum atomic E-state index is 11.7. The number of hydrogen-bond acceptors (Lipinski definition) is 3. The van der Waals surface area contributed by atoms with Crippen molar-refractivity contribution in [1.29, 1.82) is 0 Å². The average Bonchev–Trinajstić information content (AvgIpc) is 2.33. The van der Waals surface area contributed by atoms with E-state index < -0.39 is 30.4 Å². The van der Waals surface area contributed by atoms with Crippen molar-refractivity contribution in [2.45, 2.75) is 19.4 Å². The van der Waals surface area contributed by atoms with Gasteiger partial charge in [-0.05, 0) is 34.5 Å². The quantitative estimate of drug-likeness (QED) is 0.641. The lowest BCUT2D eigenvalue weighted by Gasteiger charge is -2.14. The minimum absolute atomic E-state index is 0.474. The smallest absolute Gasteiger partial charge is 0.326 e. The number of benzene rings is 1. The van der Waals surface area contributed by atoms with Crippen LogP contribution in [-0.2, 0) is 9.59 Å². The maximum Gasteiger partial charge on any atom is 0.326 e. The van der Waals surface area contributed by atoms with E-state index in [1.54, 1.807) is 12.1 Å². The molecule has 0 bridgehead atoms. The van der Waals surface area contributed by atoms with Crippen molar-refractivity contribution in [3.63, 3.8) is 0 Å². The van der Waals surface area contributed by atoms with Gasteiger partial charge in [0.1, 0.15) is 6.04 Å². The molecule has 108 valence electrons. The molecule has 0 saturated carbocycles. The Labute approximate surface area is 123 Å². The number of primary amides is 1. The fourth-order valence-corrected chi connectivity index (χ4v) is 1.83. The van der Waals surface area contributed by atoms with Crippen molar-refractivity contribution in [2.24, 2.45) is 5.73 Å². The van der Waals surface area contributed by atoms with Crippen molar-refractivity contribution in [2.75, 3.05) is 5.32 Å². The Balaban J connectivity index is 2.73. The predicted octanol–water partition coefficient (Wildman–Crippen LogP) is 1.21. The van der Waals surface area contributed by atoms with Gasteiger partial charge in [0.05, 0.1) is 12.1 Å². The molecule has 8 heteroatoms. The molecule has 1 rings (SSSR count). The lowest BCUT2D eigenvalue weighted by Crippen LogP contribution is -2.45. The van der Waals surface area contributed by atoms with Gasteiger partial charge in [0.25, 0.3) is 0 Å². The third-order valence-corrected chi connectivity index (χ3v) is 3.50. The second-order valence-corrected chi connectivity index (χ2v) is 4.89. The highest BCUT2D eigenvalue weighted by molar-refractivity contribution is 9.10. The van der Waals surface area contributed by atoms with Crippen molar-refractivity contribution in [1.82, 2.24) is 5.32 Å². The number of aliphatic carboxylic acids is 1. The Kier molecular flexibility index (Phi) is 5.51. The molecule has 0 radical (unpaired) electrons.